The van der Waals surface area contributed by atoms with Crippen LogP contribution in [-0.4, -0.2) is 0 Å². The summed E-state index contributed by atoms with van der Waals surface area (Å²) in [5, 5.41) is 0. The van der Waals surface area contributed by atoms with Crippen LogP contribution in [0.5, 0.6) is 0 Å². The van der Waals surface area contributed by atoms with Gasteiger partial charge in [0.1, 0.15) is 0 Å². The molecule has 0 aromatic heterocycles. The molecule has 0 saturated carbocycles. The van der Waals surface area contributed by atoms with Gasteiger partial charge < -0.3 is 25.7 Å². The van der Waals surface area contributed by atoms with E-state index in [9.17, 15) is 0 Å². The van der Waals surface area contributed by atoms with E-state index < -0.39 is 0 Å². The third-order valence-electron chi connectivity index (χ3n) is 0. The first-order valence-corrected chi connectivity index (χ1v) is 0.577. The van der Waals surface area contributed by atoms with Crippen molar-refractivity contribution in [2.75, 3.05) is 0 Å². The summed E-state index contributed by atoms with van der Waals surface area (Å²) in [7, 11) is 0. The molecule has 0 saturated heterocycles. The van der Waals surface area contributed by atoms with Crippen LogP contribution in [-0.2, 0) is 0 Å². The van der Waals surface area contributed by atoms with Crippen molar-refractivity contribution in [1.29, 1.82) is 0 Å². The maximum absolute atomic E-state index is 5.25. The Morgan fingerprint density at radius 3 is 0.800 bits per heavy atom. The summed E-state index contributed by atoms with van der Waals surface area (Å²) < 4.78 is 0. The zero-order chi connectivity index (χ0) is 4.00. The van der Waals surface area contributed by atoms with Gasteiger partial charge >= 0.3 is 0 Å². The SMILES string of the molecule is [C-]#C.[C-]#C.[Ce]. The molecule has 0 bridgehead atoms. The molecule has 0 aliphatic heterocycles. The summed E-state index contributed by atoms with van der Waals surface area (Å²) in [4.78, 5) is 0. The molecule has 5 heavy (non-hydrogen) atoms. The van der Waals surface area contributed by atoms with E-state index in [1.807, 2.05) is 0 Å². The molecule has 0 spiro atoms. The quantitative estimate of drug-likeness (QED) is 0.383. The molecule has 0 heterocycles. The molecule has 0 aliphatic rings. The van der Waals surface area contributed by atoms with Gasteiger partial charge in [0.2, 0.25) is 0 Å². The molecular weight excluding hydrogens is 188 g/mol. The summed E-state index contributed by atoms with van der Waals surface area (Å²) in [6, 6.07) is 0. The number of rotatable bonds is 0. The topological polar surface area (TPSA) is 0 Å². The molecule has 0 fully saturated rings. The van der Waals surface area contributed by atoms with E-state index in [1.54, 1.807) is 0 Å². The third-order valence-corrected chi connectivity index (χ3v) is 0. The Hall–Kier alpha value is 0.497. The van der Waals surface area contributed by atoms with E-state index in [-0.39, 0.29) is 41.7 Å². The van der Waals surface area contributed by atoms with E-state index in [4.69, 9.17) is 12.8 Å². The molecule has 0 radical (unpaired) electrons. The van der Waals surface area contributed by atoms with Crippen LogP contribution in [0.25, 0.3) is 0 Å². The van der Waals surface area contributed by atoms with Gasteiger partial charge in [-0.2, -0.15) is 0 Å². The predicted molar refractivity (Wildman–Crippen MR) is 16.4 cm³/mol. The summed E-state index contributed by atoms with van der Waals surface area (Å²) >= 11 is 0. The van der Waals surface area contributed by atoms with Crippen molar-refractivity contribution < 1.29 is 41.7 Å². The molecule has 0 amide bonds. The van der Waals surface area contributed by atoms with Crippen LogP contribution in [0.4, 0.5) is 0 Å². The van der Waals surface area contributed by atoms with Crippen molar-refractivity contribution in [2.24, 2.45) is 0 Å². The van der Waals surface area contributed by atoms with Gasteiger partial charge in [0, 0.05) is 41.7 Å². The van der Waals surface area contributed by atoms with E-state index in [0.29, 0.717) is 0 Å². The van der Waals surface area contributed by atoms with Crippen LogP contribution < -0.4 is 0 Å². The summed E-state index contributed by atoms with van der Waals surface area (Å²) in [5.74, 6) is 0. The van der Waals surface area contributed by atoms with Gasteiger partial charge in [0.05, 0.1) is 0 Å². The summed E-state index contributed by atoms with van der Waals surface area (Å²) in [6.45, 7) is 0. The Bertz CT molecular complexity index is 19.1. The molecule has 0 N–H and O–H groups in total. The fourth-order valence-corrected chi connectivity index (χ4v) is 0. The first kappa shape index (κ1) is 17.8. The van der Waals surface area contributed by atoms with Crippen molar-refractivity contribution >= 4 is 0 Å². The van der Waals surface area contributed by atoms with Crippen LogP contribution in [0.2, 0.25) is 0 Å². The average Bonchev–Trinajstić information content (AvgIpc) is 1.50. The van der Waals surface area contributed by atoms with Gasteiger partial charge in [0.25, 0.3) is 0 Å². The van der Waals surface area contributed by atoms with Crippen LogP contribution in [0.3, 0.4) is 0 Å². The second-order valence-corrected chi connectivity index (χ2v) is 0. The van der Waals surface area contributed by atoms with Crippen molar-refractivity contribution in [1.82, 2.24) is 0 Å². The monoisotopic (exact) mass is 190 g/mol. The van der Waals surface area contributed by atoms with Crippen molar-refractivity contribution in [3.05, 3.63) is 12.8 Å². The minimum absolute atomic E-state index is 0. The molecule has 0 rings (SSSR count). The Morgan fingerprint density at radius 1 is 0.800 bits per heavy atom. The zero-order valence-electron chi connectivity index (χ0n) is 2.65. The smallest absolute Gasteiger partial charge is 0 e. The summed E-state index contributed by atoms with van der Waals surface area (Å²) in [5.41, 5.74) is 0. The fourth-order valence-electron chi connectivity index (χ4n) is 0. The van der Waals surface area contributed by atoms with Crippen molar-refractivity contribution in [3.8, 4) is 12.8 Å². The number of hydrogen-bond donors (Lipinski definition) is 0. The van der Waals surface area contributed by atoms with Crippen molar-refractivity contribution in [2.45, 2.75) is 0 Å². The maximum atomic E-state index is 5.25. The third kappa shape index (κ3) is 114. The van der Waals surface area contributed by atoms with E-state index in [0.717, 1.165) is 0 Å². The first-order valence-electron chi connectivity index (χ1n) is 0.577. The Morgan fingerprint density at radius 2 is 0.800 bits per heavy atom. The Labute approximate surface area is 66.7 Å². The largest absolute Gasteiger partial charge is 0.697 e. The Kier molecular flexibility index (Phi) is 795. The van der Waals surface area contributed by atoms with Crippen LogP contribution >= 0.6 is 0 Å². The predicted octanol–water partition coefficient (Wildman–Crippen LogP) is 0.412. The van der Waals surface area contributed by atoms with Crippen LogP contribution in [0, 0.1) is 67.4 Å². The molecule has 24 valence electrons. The molecular formula is C4H2Ce-2. The van der Waals surface area contributed by atoms with E-state index in [1.165, 1.54) is 0 Å². The van der Waals surface area contributed by atoms with Gasteiger partial charge in [-0.1, -0.05) is 0 Å². The van der Waals surface area contributed by atoms with Crippen molar-refractivity contribution in [3.63, 3.8) is 0 Å². The van der Waals surface area contributed by atoms with E-state index >= 15 is 0 Å². The molecule has 1 heteroatoms. The standard InChI is InChI=1S/2C2H.Ce/c2*1-2;/h2*1H;/q2*-1;. The minimum Gasteiger partial charge on any atom is -0.697 e. The summed E-state index contributed by atoms with van der Waals surface area (Å²) in [6.07, 6.45) is 18.0. The van der Waals surface area contributed by atoms with Gasteiger partial charge in [0.15, 0.2) is 0 Å². The van der Waals surface area contributed by atoms with Gasteiger partial charge in [-0.15, -0.1) is 0 Å². The Balaban J connectivity index is -0.0000000133. The minimum atomic E-state index is 0. The number of terminal acetylenes is 2. The fraction of sp³-hybridized carbons (Fsp3) is 0. The van der Waals surface area contributed by atoms with Gasteiger partial charge in [-0.25, -0.2) is 0 Å². The molecule has 0 nitrogen and oxygen atoms in total. The number of hydrogen-bond acceptors (Lipinski definition) is 0. The van der Waals surface area contributed by atoms with Gasteiger partial charge in [-0.05, 0) is 0 Å². The molecule has 0 aliphatic carbocycles. The van der Waals surface area contributed by atoms with Gasteiger partial charge in [-0.3, -0.25) is 0 Å². The van der Waals surface area contributed by atoms with E-state index in [2.05, 4.69) is 12.8 Å². The molecule has 0 aromatic rings. The first-order chi connectivity index (χ1) is 2.00. The zero-order valence-corrected chi connectivity index (χ0v) is 5.79. The maximum Gasteiger partial charge on any atom is 0 e. The molecule has 0 unspecified atom stereocenters. The normalized spacial score (nSPS) is 0.800. The second kappa shape index (κ2) is 223. The average molecular weight is 190 g/mol. The van der Waals surface area contributed by atoms with Crippen LogP contribution in [0.1, 0.15) is 0 Å². The molecule has 0 atom stereocenters. The molecule has 0 aromatic carbocycles. The second-order valence-electron chi connectivity index (χ2n) is 0. The van der Waals surface area contributed by atoms with Crippen LogP contribution in [0.15, 0.2) is 0 Å².